The van der Waals surface area contributed by atoms with Crippen LogP contribution >= 0.6 is 0 Å². The Morgan fingerprint density at radius 2 is 2.00 bits per heavy atom. The molecule has 108 valence electrons. The topological polar surface area (TPSA) is 96.3 Å². The van der Waals surface area contributed by atoms with Crippen LogP contribution in [0, 0.1) is 17.2 Å². The Balaban J connectivity index is 2.77. The minimum Gasteiger partial charge on any atom is -0.469 e. The molecule has 0 aliphatic carbocycles. The zero-order valence-corrected chi connectivity index (χ0v) is 12.1. The molecule has 1 aromatic rings. The van der Waals surface area contributed by atoms with Gasteiger partial charge in [0.05, 0.1) is 30.4 Å². The second-order valence-corrected chi connectivity index (χ2v) is 6.05. The molecule has 1 aromatic carbocycles. The van der Waals surface area contributed by atoms with Gasteiger partial charge >= 0.3 is 5.97 Å². The van der Waals surface area contributed by atoms with E-state index >= 15 is 0 Å². The van der Waals surface area contributed by atoms with Crippen LogP contribution in [0.2, 0.25) is 0 Å². The molecule has 0 saturated heterocycles. The maximum absolute atomic E-state index is 11.9. The summed E-state index contributed by atoms with van der Waals surface area (Å²) < 4.78 is 30.7. The summed E-state index contributed by atoms with van der Waals surface area (Å²) in [7, 11) is -2.34. The Morgan fingerprint density at radius 3 is 2.50 bits per heavy atom. The van der Waals surface area contributed by atoms with Gasteiger partial charge in [0, 0.05) is 6.54 Å². The van der Waals surface area contributed by atoms with Crippen molar-refractivity contribution in [1.82, 2.24) is 4.72 Å². The van der Waals surface area contributed by atoms with Crippen molar-refractivity contribution in [2.45, 2.75) is 18.2 Å². The predicted octanol–water partition coefficient (Wildman–Crippen LogP) is 0.840. The van der Waals surface area contributed by atoms with Crippen molar-refractivity contribution in [2.24, 2.45) is 5.92 Å². The van der Waals surface area contributed by atoms with E-state index in [2.05, 4.69) is 9.46 Å². The molecular formula is C13H16N2O4S. The number of hydrogen-bond donors (Lipinski definition) is 1. The lowest BCUT2D eigenvalue weighted by Crippen LogP contribution is -2.28. The van der Waals surface area contributed by atoms with Crippen LogP contribution in [0.5, 0.6) is 0 Å². The molecule has 0 aliphatic rings. The van der Waals surface area contributed by atoms with Crippen LogP contribution in [0.4, 0.5) is 0 Å². The van der Waals surface area contributed by atoms with E-state index < -0.39 is 15.9 Å². The van der Waals surface area contributed by atoms with Gasteiger partial charge in [-0.25, -0.2) is 13.1 Å². The van der Waals surface area contributed by atoms with E-state index in [0.29, 0.717) is 5.56 Å². The molecule has 0 aromatic heterocycles. The molecule has 1 rings (SSSR count). The quantitative estimate of drug-likeness (QED) is 0.785. The van der Waals surface area contributed by atoms with Gasteiger partial charge in [-0.3, -0.25) is 4.79 Å². The summed E-state index contributed by atoms with van der Waals surface area (Å²) in [4.78, 5) is 11.2. The van der Waals surface area contributed by atoms with E-state index in [4.69, 9.17) is 5.26 Å². The molecule has 1 atom stereocenters. The lowest BCUT2D eigenvalue weighted by atomic mass is 10.2. The fraction of sp³-hybridized carbons (Fsp3) is 0.385. The summed E-state index contributed by atoms with van der Waals surface area (Å²) in [5.41, 5.74) is 0.668. The van der Waals surface area contributed by atoms with Gasteiger partial charge in [-0.05, 0) is 24.6 Å². The maximum atomic E-state index is 11.9. The fourth-order valence-electron chi connectivity index (χ4n) is 1.39. The molecule has 0 bridgehead atoms. The zero-order chi connectivity index (χ0) is 15.2. The molecule has 0 heterocycles. The number of esters is 1. The number of carbonyl (C=O) groups excluding carboxylic acids is 1. The summed E-state index contributed by atoms with van der Waals surface area (Å²) in [6.45, 7) is 1.69. The Morgan fingerprint density at radius 1 is 1.40 bits per heavy atom. The number of hydrogen-bond acceptors (Lipinski definition) is 5. The third kappa shape index (κ3) is 4.64. The van der Waals surface area contributed by atoms with Crippen molar-refractivity contribution in [2.75, 3.05) is 13.7 Å². The highest BCUT2D eigenvalue weighted by Gasteiger charge is 2.15. The Hall–Kier alpha value is -1.91. The highest BCUT2D eigenvalue weighted by molar-refractivity contribution is 7.89. The van der Waals surface area contributed by atoms with Gasteiger partial charge in [0.2, 0.25) is 10.0 Å². The van der Waals surface area contributed by atoms with Crippen LogP contribution < -0.4 is 4.72 Å². The van der Waals surface area contributed by atoms with Crippen molar-refractivity contribution in [1.29, 1.82) is 5.26 Å². The monoisotopic (exact) mass is 296 g/mol. The molecule has 20 heavy (non-hydrogen) atoms. The summed E-state index contributed by atoms with van der Waals surface area (Å²) in [6, 6.07) is 7.89. The summed E-state index contributed by atoms with van der Waals surface area (Å²) in [5.74, 6) is -0.787. The molecule has 0 amide bonds. The van der Waals surface area contributed by atoms with Gasteiger partial charge in [-0.1, -0.05) is 12.1 Å². The number of nitrogens with zero attached hydrogens (tertiary/aromatic N) is 1. The first kappa shape index (κ1) is 16.1. The van der Waals surface area contributed by atoms with Crippen molar-refractivity contribution >= 4 is 16.0 Å². The number of nitrogens with one attached hydrogen (secondary N) is 1. The number of nitriles is 1. The van der Waals surface area contributed by atoms with Crippen LogP contribution in [0.25, 0.3) is 0 Å². The van der Waals surface area contributed by atoms with Crippen molar-refractivity contribution in [3.8, 4) is 6.07 Å². The van der Waals surface area contributed by atoms with Crippen LogP contribution in [0.1, 0.15) is 12.5 Å². The number of methoxy groups -OCH3 is 1. The first-order chi connectivity index (χ1) is 9.39. The minimum atomic E-state index is -3.63. The lowest BCUT2D eigenvalue weighted by Gasteiger charge is -2.08. The zero-order valence-electron chi connectivity index (χ0n) is 11.3. The van der Waals surface area contributed by atoms with Gasteiger partial charge in [0.25, 0.3) is 0 Å². The normalized spacial score (nSPS) is 12.4. The second kappa shape index (κ2) is 7.03. The maximum Gasteiger partial charge on any atom is 0.309 e. The predicted molar refractivity (Wildman–Crippen MR) is 72.1 cm³/mol. The van der Waals surface area contributed by atoms with E-state index in [9.17, 15) is 13.2 Å². The third-order valence-electron chi connectivity index (χ3n) is 2.61. The standard InChI is InChI=1S/C13H16N2O4S/c1-10(8-14)9-15-20(17,18)12-5-3-11(4-6-12)7-13(16)19-2/h3-6,10,15H,7,9H2,1-2H3. The van der Waals surface area contributed by atoms with Gasteiger partial charge in [0.15, 0.2) is 0 Å². The van der Waals surface area contributed by atoms with E-state index in [1.807, 2.05) is 6.07 Å². The molecular weight excluding hydrogens is 280 g/mol. The highest BCUT2D eigenvalue weighted by atomic mass is 32.2. The molecule has 1 N–H and O–H groups in total. The SMILES string of the molecule is COC(=O)Cc1ccc(S(=O)(=O)NCC(C)C#N)cc1. The van der Waals surface area contributed by atoms with Crippen LogP contribution in [-0.4, -0.2) is 28.0 Å². The Bertz CT molecular complexity index is 602. The van der Waals surface area contributed by atoms with E-state index in [0.717, 1.165) is 0 Å². The molecule has 6 nitrogen and oxygen atoms in total. The number of ether oxygens (including phenoxy) is 1. The van der Waals surface area contributed by atoms with Gasteiger partial charge < -0.3 is 4.74 Å². The molecule has 0 radical (unpaired) electrons. The lowest BCUT2D eigenvalue weighted by molar-refractivity contribution is -0.139. The summed E-state index contributed by atoms with van der Waals surface area (Å²) in [6.07, 6.45) is 0.0930. The molecule has 0 fully saturated rings. The van der Waals surface area contributed by atoms with Gasteiger partial charge in [-0.15, -0.1) is 0 Å². The van der Waals surface area contributed by atoms with Gasteiger partial charge in [-0.2, -0.15) is 5.26 Å². The first-order valence-electron chi connectivity index (χ1n) is 5.94. The van der Waals surface area contributed by atoms with E-state index in [-0.39, 0.29) is 23.8 Å². The van der Waals surface area contributed by atoms with E-state index in [1.54, 1.807) is 19.1 Å². The largest absolute Gasteiger partial charge is 0.469 e. The molecule has 0 saturated carbocycles. The van der Waals surface area contributed by atoms with Crippen LogP contribution in [0.15, 0.2) is 29.2 Å². The highest BCUT2D eigenvalue weighted by Crippen LogP contribution is 2.11. The average Bonchev–Trinajstić information content (AvgIpc) is 2.45. The number of benzene rings is 1. The van der Waals surface area contributed by atoms with Crippen molar-refractivity contribution in [3.05, 3.63) is 29.8 Å². The summed E-state index contributed by atoms with van der Waals surface area (Å²) >= 11 is 0. The Kier molecular flexibility index (Phi) is 5.67. The van der Waals surface area contributed by atoms with Gasteiger partial charge in [0.1, 0.15) is 0 Å². The average molecular weight is 296 g/mol. The Labute approximate surface area is 118 Å². The van der Waals surface area contributed by atoms with E-state index in [1.165, 1.54) is 19.2 Å². The smallest absolute Gasteiger partial charge is 0.309 e. The summed E-state index contributed by atoms with van der Waals surface area (Å²) in [5, 5.41) is 8.62. The third-order valence-corrected chi connectivity index (χ3v) is 4.05. The molecule has 0 spiro atoms. The number of carbonyl (C=O) groups is 1. The van der Waals surface area contributed by atoms with Crippen LogP contribution in [0.3, 0.4) is 0 Å². The molecule has 1 unspecified atom stereocenters. The minimum absolute atomic E-state index is 0.0583. The first-order valence-corrected chi connectivity index (χ1v) is 7.42. The second-order valence-electron chi connectivity index (χ2n) is 4.28. The molecule has 0 aliphatic heterocycles. The number of rotatable bonds is 6. The van der Waals surface area contributed by atoms with Crippen molar-refractivity contribution < 1.29 is 17.9 Å². The number of sulfonamides is 1. The van der Waals surface area contributed by atoms with Crippen molar-refractivity contribution in [3.63, 3.8) is 0 Å². The fourth-order valence-corrected chi connectivity index (χ4v) is 2.52. The van der Waals surface area contributed by atoms with Crippen LogP contribution in [-0.2, 0) is 26.0 Å². The molecule has 7 heteroatoms.